The lowest BCUT2D eigenvalue weighted by atomic mass is 9.89. The zero-order chi connectivity index (χ0) is 22.3. The van der Waals surface area contributed by atoms with Crippen molar-refractivity contribution in [1.29, 1.82) is 5.26 Å². The van der Waals surface area contributed by atoms with Crippen LogP contribution in [0, 0.1) is 11.3 Å². The molecule has 0 aliphatic heterocycles. The number of alkyl halides is 3. The van der Waals surface area contributed by atoms with Crippen molar-refractivity contribution in [2.45, 2.75) is 31.5 Å². The number of imidazole rings is 1. The summed E-state index contributed by atoms with van der Waals surface area (Å²) >= 11 is 0. The lowest BCUT2D eigenvalue weighted by Crippen LogP contribution is -2.37. The van der Waals surface area contributed by atoms with E-state index in [1.807, 2.05) is 30.4 Å². The van der Waals surface area contributed by atoms with E-state index in [0.29, 0.717) is 28.2 Å². The van der Waals surface area contributed by atoms with Gasteiger partial charge in [0.05, 0.1) is 33.9 Å². The first-order chi connectivity index (χ1) is 14.7. The molecular weight excluding hydrogens is 403 g/mol. The van der Waals surface area contributed by atoms with Gasteiger partial charge < -0.3 is 0 Å². The molecule has 1 aliphatic rings. The molecule has 4 rings (SSSR count). The minimum absolute atomic E-state index is 0.0614. The van der Waals surface area contributed by atoms with Crippen molar-refractivity contribution >= 4 is 12.2 Å². The van der Waals surface area contributed by atoms with E-state index >= 15 is 0 Å². The Morgan fingerprint density at radius 2 is 1.87 bits per heavy atom. The normalized spacial score (nSPS) is 16.6. The molecule has 0 spiro atoms. The second-order valence-electron chi connectivity index (χ2n) is 7.69. The van der Waals surface area contributed by atoms with E-state index in [-0.39, 0.29) is 11.6 Å². The van der Waals surface area contributed by atoms with E-state index in [4.69, 9.17) is 0 Å². The summed E-state index contributed by atoms with van der Waals surface area (Å²) in [6.07, 6.45) is 0.0322. The number of halogens is 3. The average Bonchev–Trinajstić information content (AvgIpc) is 3.02. The summed E-state index contributed by atoms with van der Waals surface area (Å²) in [6.45, 7) is 1.72. The largest absolute Gasteiger partial charge is 0.416 e. The molecule has 0 bridgehead atoms. The van der Waals surface area contributed by atoms with Gasteiger partial charge in [-0.3, -0.25) is 9.13 Å². The summed E-state index contributed by atoms with van der Waals surface area (Å²) in [5.74, 6) is -0.0614. The first-order valence-electron chi connectivity index (χ1n) is 9.88. The van der Waals surface area contributed by atoms with Gasteiger partial charge in [0.15, 0.2) is 0 Å². The van der Waals surface area contributed by atoms with Crippen molar-refractivity contribution < 1.29 is 13.2 Å². The van der Waals surface area contributed by atoms with Crippen molar-refractivity contribution in [2.75, 3.05) is 0 Å². The minimum Gasteiger partial charge on any atom is -0.295 e. The van der Waals surface area contributed by atoms with Crippen LogP contribution in [-0.4, -0.2) is 9.13 Å². The van der Waals surface area contributed by atoms with E-state index in [0.717, 1.165) is 17.7 Å². The lowest BCUT2D eigenvalue weighted by molar-refractivity contribution is -0.137. The van der Waals surface area contributed by atoms with Crippen LogP contribution in [0.15, 0.2) is 53.3 Å². The Balaban J connectivity index is 1.83. The van der Waals surface area contributed by atoms with Crippen LogP contribution in [0.2, 0.25) is 0 Å². The average molecular weight is 423 g/mol. The van der Waals surface area contributed by atoms with Gasteiger partial charge >= 0.3 is 11.9 Å². The van der Waals surface area contributed by atoms with Gasteiger partial charge in [-0.2, -0.15) is 18.4 Å². The molecule has 1 aromatic heterocycles. The van der Waals surface area contributed by atoms with Crippen molar-refractivity contribution in [3.05, 3.63) is 92.0 Å². The molecule has 31 heavy (non-hydrogen) atoms. The summed E-state index contributed by atoms with van der Waals surface area (Å²) in [5, 5.41) is 10.8. The standard InChI is InChI=1S/C24H20F3N3O/c1-15(16-7-5-8-19(12-16)24(25,26)27)30-21-11-10-17(13-22(21)29(2)23(30)31)20-9-4-3-6-18(20)14-28/h3-9,11-13,15,17H,10H2,1-2H3. The second kappa shape index (κ2) is 7.62. The van der Waals surface area contributed by atoms with Gasteiger partial charge in [0, 0.05) is 13.0 Å². The number of aromatic nitrogens is 2. The van der Waals surface area contributed by atoms with Crippen molar-refractivity contribution in [1.82, 2.24) is 9.13 Å². The number of rotatable bonds is 3. The zero-order valence-corrected chi connectivity index (χ0v) is 17.0. The molecule has 0 N–H and O–H groups in total. The third-order valence-corrected chi connectivity index (χ3v) is 5.86. The summed E-state index contributed by atoms with van der Waals surface area (Å²) in [5.41, 5.74) is 0.853. The van der Waals surface area contributed by atoms with Gasteiger partial charge in [0.25, 0.3) is 0 Å². The molecule has 4 nitrogen and oxygen atoms in total. The first-order valence-corrected chi connectivity index (χ1v) is 9.88. The van der Waals surface area contributed by atoms with Gasteiger partial charge in [-0.15, -0.1) is 0 Å². The molecule has 0 radical (unpaired) electrons. The first kappa shape index (κ1) is 20.7. The predicted octanol–water partition coefficient (Wildman–Crippen LogP) is 3.44. The number of fused-ring (bicyclic) bond motifs is 1. The van der Waals surface area contributed by atoms with E-state index in [1.54, 1.807) is 26.1 Å². The van der Waals surface area contributed by atoms with Crippen LogP contribution < -0.4 is 16.4 Å². The van der Waals surface area contributed by atoms with E-state index in [9.17, 15) is 23.2 Å². The fourth-order valence-corrected chi connectivity index (χ4v) is 4.20. The number of hydrogen-bond donors (Lipinski definition) is 0. The Labute approximate surface area is 176 Å². The highest BCUT2D eigenvalue weighted by atomic mass is 19.4. The highest BCUT2D eigenvalue weighted by molar-refractivity contribution is 5.52. The van der Waals surface area contributed by atoms with E-state index < -0.39 is 17.8 Å². The Morgan fingerprint density at radius 1 is 1.13 bits per heavy atom. The van der Waals surface area contributed by atoms with Crippen LogP contribution in [0.25, 0.3) is 12.2 Å². The molecule has 1 aliphatic carbocycles. The third-order valence-electron chi connectivity index (χ3n) is 5.86. The summed E-state index contributed by atoms with van der Waals surface area (Å²) in [7, 11) is 1.65. The smallest absolute Gasteiger partial charge is 0.295 e. The molecule has 1 heterocycles. The molecule has 2 aromatic carbocycles. The monoisotopic (exact) mass is 423 g/mol. The van der Waals surface area contributed by atoms with Crippen LogP contribution in [0.5, 0.6) is 0 Å². The molecule has 0 saturated heterocycles. The number of nitriles is 1. The number of hydrogen-bond acceptors (Lipinski definition) is 2. The van der Waals surface area contributed by atoms with E-state index in [2.05, 4.69) is 6.07 Å². The fraction of sp³-hybridized carbons (Fsp3) is 0.250. The fourth-order valence-electron chi connectivity index (χ4n) is 4.20. The Bertz CT molecular complexity index is 1370. The van der Waals surface area contributed by atoms with E-state index in [1.165, 1.54) is 15.2 Å². The Kier molecular flexibility index (Phi) is 5.10. The molecular formula is C24H20F3N3O. The van der Waals surface area contributed by atoms with Crippen LogP contribution in [0.1, 0.15) is 47.6 Å². The maximum atomic E-state index is 13.1. The van der Waals surface area contributed by atoms with Crippen LogP contribution in [0.3, 0.4) is 0 Å². The molecule has 2 atom stereocenters. The highest BCUT2D eigenvalue weighted by Crippen LogP contribution is 2.31. The van der Waals surface area contributed by atoms with Gasteiger partial charge in [-0.1, -0.05) is 42.5 Å². The van der Waals surface area contributed by atoms with Gasteiger partial charge in [0.1, 0.15) is 0 Å². The molecule has 0 amide bonds. The van der Waals surface area contributed by atoms with Crippen molar-refractivity contribution in [3.63, 3.8) is 0 Å². The molecule has 7 heteroatoms. The maximum Gasteiger partial charge on any atom is 0.416 e. The second-order valence-corrected chi connectivity index (χ2v) is 7.69. The lowest BCUT2D eigenvalue weighted by Gasteiger charge is -2.18. The molecule has 3 aromatic rings. The Morgan fingerprint density at radius 3 is 2.58 bits per heavy atom. The predicted molar refractivity (Wildman–Crippen MR) is 112 cm³/mol. The van der Waals surface area contributed by atoms with Crippen molar-refractivity contribution in [3.8, 4) is 6.07 Å². The quantitative estimate of drug-likeness (QED) is 0.648. The summed E-state index contributed by atoms with van der Waals surface area (Å²) in [6, 6.07) is 14.1. The molecule has 158 valence electrons. The minimum atomic E-state index is -4.45. The Hall–Kier alpha value is -3.53. The zero-order valence-electron chi connectivity index (χ0n) is 17.0. The summed E-state index contributed by atoms with van der Waals surface area (Å²) in [4.78, 5) is 13.0. The molecule has 0 saturated carbocycles. The summed E-state index contributed by atoms with van der Waals surface area (Å²) < 4.78 is 42.5. The van der Waals surface area contributed by atoms with Gasteiger partial charge in [-0.05, 0) is 42.7 Å². The van der Waals surface area contributed by atoms with Gasteiger partial charge in [-0.25, -0.2) is 4.79 Å². The SMILES string of the molecule is CC(c1cccc(C(F)(F)F)c1)n1c2c(n(C)c1=O)=CC(c1ccccc1C#N)CC=2. The number of nitrogens with zero attached hydrogens (tertiary/aromatic N) is 3. The van der Waals surface area contributed by atoms with Crippen LogP contribution in [-0.2, 0) is 13.2 Å². The van der Waals surface area contributed by atoms with Crippen LogP contribution >= 0.6 is 0 Å². The van der Waals surface area contributed by atoms with Crippen molar-refractivity contribution in [2.24, 2.45) is 7.05 Å². The molecule has 0 fully saturated rings. The maximum absolute atomic E-state index is 13.1. The molecule has 2 unspecified atom stereocenters. The van der Waals surface area contributed by atoms with Gasteiger partial charge in [0.2, 0.25) is 0 Å². The highest BCUT2D eigenvalue weighted by Gasteiger charge is 2.31. The number of benzene rings is 2. The third kappa shape index (κ3) is 3.59. The topological polar surface area (TPSA) is 50.7 Å². The van der Waals surface area contributed by atoms with Crippen LogP contribution in [0.4, 0.5) is 13.2 Å².